The molecule has 1 unspecified atom stereocenters. The van der Waals surface area contributed by atoms with Crippen LogP contribution < -0.4 is 4.74 Å². The van der Waals surface area contributed by atoms with Gasteiger partial charge in [0.1, 0.15) is 0 Å². The molecule has 0 saturated carbocycles. The number of carbonyl (C=O) groups excluding carboxylic acids is 1. The highest BCUT2D eigenvalue weighted by Crippen LogP contribution is 2.16. The molecule has 1 N–H and O–H groups in total. The Labute approximate surface area is 88.9 Å². The zero-order valence-corrected chi connectivity index (χ0v) is 8.93. The summed E-state index contributed by atoms with van der Waals surface area (Å²) in [5.41, 5.74) is 0.431. The number of carbonyl (C=O) groups is 1. The minimum atomic E-state index is -0.646. The van der Waals surface area contributed by atoms with E-state index in [1.807, 2.05) is 6.92 Å². The number of nitrogens with zero attached hydrogens (tertiary/aromatic N) is 1. The van der Waals surface area contributed by atoms with E-state index in [1.54, 1.807) is 25.3 Å². The second kappa shape index (κ2) is 5.46. The second-order valence-electron chi connectivity index (χ2n) is 3.27. The normalized spacial score (nSPS) is 12.2. The van der Waals surface area contributed by atoms with Gasteiger partial charge in [0.2, 0.25) is 5.88 Å². The maximum absolute atomic E-state index is 11.7. The fourth-order valence-electron chi connectivity index (χ4n) is 1.23. The molecule has 1 aromatic heterocycles. The highest BCUT2D eigenvalue weighted by molar-refractivity contribution is 5.98. The third kappa shape index (κ3) is 3.32. The number of hydrogen-bond donors (Lipinski definition) is 1. The molecule has 15 heavy (non-hydrogen) atoms. The van der Waals surface area contributed by atoms with Crippen LogP contribution >= 0.6 is 0 Å². The lowest BCUT2D eigenvalue weighted by Crippen LogP contribution is -2.11. The molecule has 0 aliphatic rings. The molecule has 0 aliphatic carbocycles. The molecular formula is C11H15NO3. The van der Waals surface area contributed by atoms with Crippen LogP contribution in [0.2, 0.25) is 0 Å². The first kappa shape index (κ1) is 11.7. The number of aliphatic hydroxyl groups is 1. The number of pyridine rings is 1. The van der Waals surface area contributed by atoms with E-state index in [1.165, 1.54) is 0 Å². The first-order valence-corrected chi connectivity index (χ1v) is 4.94. The molecule has 0 bridgehead atoms. The highest BCUT2D eigenvalue weighted by atomic mass is 16.5. The lowest BCUT2D eigenvalue weighted by molar-refractivity contribution is 0.0897. The minimum absolute atomic E-state index is 0.0891. The largest absolute Gasteiger partial charge is 0.477 e. The van der Waals surface area contributed by atoms with Gasteiger partial charge in [0.15, 0.2) is 5.78 Å². The van der Waals surface area contributed by atoms with Crippen molar-refractivity contribution in [2.75, 3.05) is 6.61 Å². The Bertz CT molecular complexity index is 336. The second-order valence-corrected chi connectivity index (χ2v) is 3.27. The van der Waals surface area contributed by atoms with Crippen LogP contribution in [0.15, 0.2) is 18.3 Å². The van der Waals surface area contributed by atoms with Crippen molar-refractivity contribution in [2.24, 2.45) is 0 Å². The number of hydrogen-bond acceptors (Lipinski definition) is 4. The number of ketones is 1. The van der Waals surface area contributed by atoms with Gasteiger partial charge in [-0.05, 0) is 26.0 Å². The van der Waals surface area contributed by atoms with E-state index in [9.17, 15) is 4.79 Å². The fourth-order valence-corrected chi connectivity index (χ4v) is 1.23. The average Bonchev–Trinajstić information content (AvgIpc) is 2.18. The summed E-state index contributed by atoms with van der Waals surface area (Å²) in [4.78, 5) is 15.6. The third-order valence-electron chi connectivity index (χ3n) is 1.83. The van der Waals surface area contributed by atoms with Gasteiger partial charge in [0.25, 0.3) is 0 Å². The van der Waals surface area contributed by atoms with Crippen LogP contribution in [0.1, 0.15) is 30.6 Å². The summed E-state index contributed by atoms with van der Waals surface area (Å²) in [7, 11) is 0. The van der Waals surface area contributed by atoms with Crippen LogP contribution in [0.5, 0.6) is 5.88 Å². The van der Waals surface area contributed by atoms with E-state index in [4.69, 9.17) is 9.84 Å². The summed E-state index contributed by atoms with van der Waals surface area (Å²) in [5.74, 6) is 0.187. The quantitative estimate of drug-likeness (QED) is 0.745. The first-order chi connectivity index (χ1) is 7.15. The smallest absolute Gasteiger partial charge is 0.224 e. The molecule has 0 amide bonds. The molecule has 0 aromatic carbocycles. The van der Waals surface area contributed by atoms with Crippen molar-refractivity contribution < 1.29 is 14.6 Å². The van der Waals surface area contributed by atoms with Crippen LogP contribution in [0.3, 0.4) is 0 Å². The van der Waals surface area contributed by atoms with Crippen molar-refractivity contribution >= 4 is 5.78 Å². The number of rotatable bonds is 5. The molecule has 4 heteroatoms. The van der Waals surface area contributed by atoms with Gasteiger partial charge in [-0.2, -0.15) is 0 Å². The van der Waals surface area contributed by atoms with Gasteiger partial charge >= 0.3 is 0 Å². The predicted molar refractivity (Wildman–Crippen MR) is 56.0 cm³/mol. The van der Waals surface area contributed by atoms with Crippen LogP contribution in [0.4, 0.5) is 0 Å². The Balaban J connectivity index is 2.87. The van der Waals surface area contributed by atoms with Gasteiger partial charge in [-0.25, -0.2) is 4.98 Å². The molecule has 1 aromatic rings. The maximum Gasteiger partial charge on any atom is 0.224 e. The predicted octanol–water partition coefficient (Wildman–Crippen LogP) is 1.43. The van der Waals surface area contributed by atoms with E-state index in [0.29, 0.717) is 18.1 Å². The van der Waals surface area contributed by atoms with Gasteiger partial charge in [0.05, 0.1) is 18.3 Å². The van der Waals surface area contributed by atoms with Gasteiger partial charge in [0, 0.05) is 12.6 Å². The van der Waals surface area contributed by atoms with Crippen molar-refractivity contribution in [1.82, 2.24) is 4.98 Å². The molecule has 82 valence electrons. The van der Waals surface area contributed by atoms with Crippen LogP contribution in [-0.2, 0) is 0 Å². The molecule has 0 aliphatic heterocycles. The lowest BCUT2D eigenvalue weighted by Gasteiger charge is -2.08. The SMILES string of the molecule is CCOc1ncccc1C(=O)CC(C)O. The summed E-state index contributed by atoms with van der Waals surface area (Å²) in [6.45, 7) is 3.87. The Hall–Kier alpha value is -1.42. The maximum atomic E-state index is 11.7. The molecule has 1 heterocycles. The van der Waals surface area contributed by atoms with Gasteiger partial charge in [-0.1, -0.05) is 0 Å². The molecule has 0 fully saturated rings. The number of aromatic nitrogens is 1. The third-order valence-corrected chi connectivity index (χ3v) is 1.83. The average molecular weight is 209 g/mol. The van der Waals surface area contributed by atoms with Crippen molar-refractivity contribution in [3.63, 3.8) is 0 Å². The van der Waals surface area contributed by atoms with E-state index in [0.717, 1.165) is 0 Å². The van der Waals surface area contributed by atoms with Crippen molar-refractivity contribution in [3.8, 4) is 5.88 Å². The van der Waals surface area contributed by atoms with E-state index < -0.39 is 6.10 Å². The van der Waals surface area contributed by atoms with Gasteiger partial charge < -0.3 is 9.84 Å². The highest BCUT2D eigenvalue weighted by Gasteiger charge is 2.14. The number of aliphatic hydroxyl groups excluding tert-OH is 1. The monoisotopic (exact) mass is 209 g/mol. The van der Waals surface area contributed by atoms with Gasteiger partial charge in [-0.15, -0.1) is 0 Å². The standard InChI is InChI=1S/C11H15NO3/c1-3-15-11-9(5-4-6-12-11)10(14)7-8(2)13/h4-6,8,13H,3,7H2,1-2H3. The van der Waals surface area contributed by atoms with Gasteiger partial charge in [-0.3, -0.25) is 4.79 Å². The summed E-state index contributed by atoms with van der Waals surface area (Å²) in [6, 6.07) is 3.33. The Morgan fingerprint density at radius 1 is 1.67 bits per heavy atom. The van der Waals surface area contributed by atoms with Crippen molar-refractivity contribution in [2.45, 2.75) is 26.4 Å². The van der Waals surface area contributed by atoms with E-state index in [2.05, 4.69) is 4.98 Å². The Morgan fingerprint density at radius 3 is 3.00 bits per heavy atom. The summed E-state index contributed by atoms with van der Waals surface area (Å²) in [6.07, 6.45) is 1.02. The zero-order chi connectivity index (χ0) is 11.3. The fraction of sp³-hybridized carbons (Fsp3) is 0.455. The van der Waals surface area contributed by atoms with Crippen LogP contribution in [0.25, 0.3) is 0 Å². The first-order valence-electron chi connectivity index (χ1n) is 4.94. The Morgan fingerprint density at radius 2 is 2.40 bits per heavy atom. The molecule has 1 rings (SSSR count). The minimum Gasteiger partial charge on any atom is -0.477 e. The van der Waals surface area contributed by atoms with E-state index >= 15 is 0 Å². The molecule has 4 nitrogen and oxygen atoms in total. The topological polar surface area (TPSA) is 59.4 Å². The molecular weight excluding hydrogens is 194 g/mol. The molecule has 0 saturated heterocycles. The number of ether oxygens (including phenoxy) is 1. The lowest BCUT2D eigenvalue weighted by atomic mass is 10.1. The van der Waals surface area contributed by atoms with Crippen LogP contribution in [0, 0.1) is 0 Å². The van der Waals surface area contributed by atoms with E-state index in [-0.39, 0.29) is 12.2 Å². The summed E-state index contributed by atoms with van der Waals surface area (Å²) < 4.78 is 5.23. The molecule has 0 radical (unpaired) electrons. The summed E-state index contributed by atoms with van der Waals surface area (Å²) in [5, 5.41) is 9.12. The number of Topliss-reactive ketones (excluding diaryl/α,β-unsaturated/α-hetero) is 1. The molecule has 1 atom stereocenters. The summed E-state index contributed by atoms with van der Waals surface area (Å²) >= 11 is 0. The van der Waals surface area contributed by atoms with Crippen molar-refractivity contribution in [3.05, 3.63) is 23.9 Å². The zero-order valence-electron chi connectivity index (χ0n) is 8.93. The Kier molecular flexibility index (Phi) is 4.24. The van der Waals surface area contributed by atoms with Crippen LogP contribution in [-0.4, -0.2) is 28.6 Å². The molecule has 0 spiro atoms. The van der Waals surface area contributed by atoms with Crippen molar-refractivity contribution in [1.29, 1.82) is 0 Å².